The fraction of sp³-hybridized carbons (Fsp3) is 0.900. The van der Waals surface area contributed by atoms with Crippen LogP contribution in [0.15, 0.2) is 0 Å². The Kier molecular flexibility index (Phi) is 1.25. The summed E-state index contributed by atoms with van der Waals surface area (Å²) in [6, 6.07) is 0. The third-order valence-corrected chi connectivity index (χ3v) is 3.94. The summed E-state index contributed by atoms with van der Waals surface area (Å²) in [5.74, 6) is 2.39. The zero-order chi connectivity index (χ0) is 8.22. The van der Waals surface area contributed by atoms with Crippen molar-refractivity contribution in [2.45, 2.75) is 33.6 Å². The SMILES string of the molecule is C[C@H]1CC(=O)C2CC1C2(C)C. The van der Waals surface area contributed by atoms with Crippen LogP contribution < -0.4 is 0 Å². The summed E-state index contributed by atoms with van der Waals surface area (Å²) < 4.78 is 0. The van der Waals surface area contributed by atoms with Crippen LogP contribution >= 0.6 is 0 Å². The smallest absolute Gasteiger partial charge is 0.136 e. The maximum atomic E-state index is 11.5. The molecule has 0 saturated heterocycles. The first kappa shape index (κ1) is 7.33. The van der Waals surface area contributed by atoms with E-state index in [1.165, 1.54) is 6.42 Å². The van der Waals surface area contributed by atoms with E-state index in [1.807, 2.05) is 0 Å². The molecular weight excluding hydrogens is 136 g/mol. The molecule has 0 amide bonds. The molecule has 3 atom stereocenters. The molecule has 0 aliphatic heterocycles. The third kappa shape index (κ3) is 0.743. The summed E-state index contributed by atoms with van der Waals surface area (Å²) in [6.45, 7) is 6.72. The number of fused-ring (bicyclic) bond motifs is 2. The van der Waals surface area contributed by atoms with Gasteiger partial charge in [-0.15, -0.1) is 0 Å². The Morgan fingerprint density at radius 2 is 2.09 bits per heavy atom. The summed E-state index contributed by atoms with van der Waals surface area (Å²) in [5, 5.41) is 0. The molecule has 1 nitrogen and oxygen atoms in total. The topological polar surface area (TPSA) is 17.1 Å². The Morgan fingerprint density at radius 1 is 1.45 bits per heavy atom. The highest BCUT2D eigenvalue weighted by Crippen LogP contribution is 2.59. The summed E-state index contributed by atoms with van der Waals surface area (Å²) in [6.07, 6.45) is 2.02. The van der Waals surface area contributed by atoms with E-state index in [-0.39, 0.29) is 0 Å². The predicted octanol–water partition coefficient (Wildman–Crippen LogP) is 2.26. The van der Waals surface area contributed by atoms with Gasteiger partial charge in [-0.3, -0.25) is 4.79 Å². The molecular formula is C10H16O. The first-order chi connectivity index (χ1) is 5.03. The zero-order valence-corrected chi connectivity index (χ0v) is 7.55. The number of carbonyl (C=O) groups excluding carboxylic acids is 1. The number of ketones is 1. The van der Waals surface area contributed by atoms with E-state index in [0.717, 1.165) is 12.3 Å². The van der Waals surface area contributed by atoms with Crippen LogP contribution in [0, 0.1) is 23.2 Å². The van der Waals surface area contributed by atoms with Crippen LogP contribution in [0.4, 0.5) is 0 Å². The summed E-state index contributed by atoms with van der Waals surface area (Å²) in [4.78, 5) is 11.5. The van der Waals surface area contributed by atoms with Crippen LogP contribution in [-0.4, -0.2) is 5.78 Å². The molecule has 2 unspecified atom stereocenters. The Hall–Kier alpha value is -0.330. The molecule has 3 rings (SSSR count). The van der Waals surface area contributed by atoms with E-state index >= 15 is 0 Å². The number of hydrogen-bond donors (Lipinski definition) is 0. The molecule has 3 aliphatic rings. The van der Waals surface area contributed by atoms with Gasteiger partial charge in [0, 0.05) is 12.3 Å². The van der Waals surface area contributed by atoms with Crippen LogP contribution in [0.3, 0.4) is 0 Å². The van der Waals surface area contributed by atoms with E-state index < -0.39 is 0 Å². The van der Waals surface area contributed by atoms with Crippen LogP contribution in [0.5, 0.6) is 0 Å². The fourth-order valence-corrected chi connectivity index (χ4v) is 3.07. The third-order valence-electron chi connectivity index (χ3n) is 3.94. The first-order valence-corrected chi connectivity index (χ1v) is 4.56. The fourth-order valence-electron chi connectivity index (χ4n) is 3.07. The molecule has 0 heterocycles. The van der Waals surface area contributed by atoms with Crippen LogP contribution in [0.2, 0.25) is 0 Å². The van der Waals surface area contributed by atoms with E-state index in [4.69, 9.17) is 0 Å². The highest BCUT2D eigenvalue weighted by molar-refractivity contribution is 5.84. The standard InChI is InChI=1S/C10H16O/c1-6-4-9(11)8-5-7(6)10(8,2)3/h6-8H,4-5H2,1-3H3/t6-,7?,8?/m0/s1. The monoisotopic (exact) mass is 152 g/mol. The molecule has 0 N–H and O–H groups in total. The van der Waals surface area contributed by atoms with Gasteiger partial charge in [0.2, 0.25) is 0 Å². The van der Waals surface area contributed by atoms with Gasteiger partial charge < -0.3 is 0 Å². The maximum Gasteiger partial charge on any atom is 0.136 e. The van der Waals surface area contributed by atoms with Gasteiger partial charge in [0.05, 0.1) is 0 Å². The highest BCUT2D eigenvalue weighted by atomic mass is 16.1. The Balaban J connectivity index is 2.26. The molecule has 0 aromatic rings. The van der Waals surface area contributed by atoms with Gasteiger partial charge in [-0.2, -0.15) is 0 Å². The van der Waals surface area contributed by atoms with Crippen molar-refractivity contribution in [2.24, 2.45) is 23.2 Å². The van der Waals surface area contributed by atoms with Gasteiger partial charge in [0.1, 0.15) is 5.78 Å². The van der Waals surface area contributed by atoms with E-state index in [9.17, 15) is 4.79 Å². The molecule has 62 valence electrons. The lowest BCUT2D eigenvalue weighted by molar-refractivity contribution is -0.156. The molecule has 0 aromatic heterocycles. The first-order valence-electron chi connectivity index (χ1n) is 4.56. The molecule has 0 radical (unpaired) electrons. The van der Waals surface area contributed by atoms with Crippen molar-refractivity contribution >= 4 is 5.78 Å². The van der Waals surface area contributed by atoms with Crippen molar-refractivity contribution in [3.63, 3.8) is 0 Å². The van der Waals surface area contributed by atoms with Gasteiger partial charge in [0.25, 0.3) is 0 Å². The van der Waals surface area contributed by atoms with Crippen molar-refractivity contribution in [3.8, 4) is 0 Å². The largest absolute Gasteiger partial charge is 0.299 e. The Morgan fingerprint density at radius 3 is 2.45 bits per heavy atom. The van der Waals surface area contributed by atoms with Crippen molar-refractivity contribution in [2.75, 3.05) is 0 Å². The van der Waals surface area contributed by atoms with Gasteiger partial charge in [0.15, 0.2) is 0 Å². The number of carbonyl (C=O) groups is 1. The van der Waals surface area contributed by atoms with Gasteiger partial charge >= 0.3 is 0 Å². The van der Waals surface area contributed by atoms with E-state index in [2.05, 4.69) is 20.8 Å². The quantitative estimate of drug-likeness (QED) is 0.520. The van der Waals surface area contributed by atoms with Crippen molar-refractivity contribution in [1.82, 2.24) is 0 Å². The second-order valence-electron chi connectivity index (χ2n) is 4.86. The molecule has 2 bridgehead atoms. The molecule has 3 fully saturated rings. The Bertz CT molecular complexity index is 205. The van der Waals surface area contributed by atoms with Crippen molar-refractivity contribution in [3.05, 3.63) is 0 Å². The summed E-state index contributed by atoms with van der Waals surface area (Å²) in [5.41, 5.74) is 0.328. The minimum atomic E-state index is 0.328. The molecule has 0 spiro atoms. The molecule has 1 heteroatoms. The second-order valence-corrected chi connectivity index (χ2v) is 4.86. The van der Waals surface area contributed by atoms with E-state index in [0.29, 0.717) is 23.0 Å². The number of hydrogen-bond acceptors (Lipinski definition) is 1. The number of rotatable bonds is 0. The average Bonchev–Trinajstić information content (AvgIpc) is 1.84. The second kappa shape index (κ2) is 1.88. The summed E-state index contributed by atoms with van der Waals surface area (Å²) in [7, 11) is 0. The minimum Gasteiger partial charge on any atom is -0.299 e. The lowest BCUT2D eigenvalue weighted by Crippen LogP contribution is -2.56. The molecule has 3 aliphatic carbocycles. The lowest BCUT2D eigenvalue weighted by atomic mass is 9.45. The molecule has 3 saturated carbocycles. The molecule has 11 heavy (non-hydrogen) atoms. The number of Topliss-reactive ketones (excluding diaryl/α,β-unsaturated/α-hetero) is 1. The van der Waals surface area contributed by atoms with Gasteiger partial charge in [-0.05, 0) is 23.7 Å². The highest BCUT2D eigenvalue weighted by Gasteiger charge is 2.56. The maximum absolute atomic E-state index is 11.5. The van der Waals surface area contributed by atoms with Crippen molar-refractivity contribution < 1.29 is 4.79 Å². The lowest BCUT2D eigenvalue weighted by Gasteiger charge is -2.58. The average molecular weight is 152 g/mol. The van der Waals surface area contributed by atoms with Crippen LogP contribution in [0.25, 0.3) is 0 Å². The molecule has 0 aromatic carbocycles. The predicted molar refractivity (Wildman–Crippen MR) is 44.2 cm³/mol. The van der Waals surface area contributed by atoms with Gasteiger partial charge in [-0.25, -0.2) is 0 Å². The normalized spacial score (nSPS) is 46.8. The zero-order valence-electron chi connectivity index (χ0n) is 7.55. The van der Waals surface area contributed by atoms with E-state index in [1.54, 1.807) is 0 Å². The minimum absolute atomic E-state index is 0.328. The van der Waals surface area contributed by atoms with Gasteiger partial charge in [-0.1, -0.05) is 20.8 Å². The summed E-state index contributed by atoms with van der Waals surface area (Å²) >= 11 is 0. The van der Waals surface area contributed by atoms with Crippen LogP contribution in [0.1, 0.15) is 33.6 Å². The van der Waals surface area contributed by atoms with Crippen LogP contribution in [-0.2, 0) is 4.79 Å². The van der Waals surface area contributed by atoms with Crippen molar-refractivity contribution in [1.29, 1.82) is 0 Å². The Labute approximate surface area is 68.2 Å².